The molecule has 1 saturated carbocycles. The Morgan fingerprint density at radius 1 is 1.38 bits per heavy atom. The van der Waals surface area contributed by atoms with Crippen LogP contribution in [0.5, 0.6) is 5.75 Å². The zero-order valence-electron chi connectivity index (χ0n) is 7.26. The standard InChI is InChI=1S/C10H12BrNO/c11-9-6-7(13)2-3-8(9)10(12)4-1-5-10/h2-3,6,13H,1,4-5,12H2. The molecule has 0 heterocycles. The van der Waals surface area contributed by atoms with Crippen LogP contribution < -0.4 is 5.73 Å². The largest absolute Gasteiger partial charge is 0.508 e. The lowest BCUT2D eigenvalue weighted by atomic mass is 9.73. The number of halogens is 1. The SMILES string of the molecule is NC1(c2ccc(O)cc2Br)CCC1. The van der Waals surface area contributed by atoms with Gasteiger partial charge in [0.1, 0.15) is 5.75 Å². The number of aromatic hydroxyl groups is 1. The summed E-state index contributed by atoms with van der Waals surface area (Å²) >= 11 is 3.42. The second-order valence-electron chi connectivity index (χ2n) is 3.67. The summed E-state index contributed by atoms with van der Waals surface area (Å²) in [6, 6.07) is 5.29. The minimum Gasteiger partial charge on any atom is -0.508 e. The molecule has 3 N–H and O–H groups in total. The molecule has 0 amide bonds. The predicted octanol–water partition coefficient (Wildman–Crippen LogP) is 2.49. The summed E-state index contributed by atoms with van der Waals surface area (Å²) < 4.78 is 0.912. The summed E-state index contributed by atoms with van der Waals surface area (Å²) in [6.45, 7) is 0. The highest BCUT2D eigenvalue weighted by atomic mass is 79.9. The van der Waals surface area contributed by atoms with E-state index in [1.165, 1.54) is 6.42 Å². The maximum absolute atomic E-state index is 9.22. The molecule has 0 unspecified atom stereocenters. The minimum absolute atomic E-state index is 0.160. The van der Waals surface area contributed by atoms with Gasteiger partial charge in [-0.05, 0) is 37.0 Å². The van der Waals surface area contributed by atoms with Crippen LogP contribution in [0.15, 0.2) is 22.7 Å². The lowest BCUT2D eigenvalue weighted by Gasteiger charge is -2.39. The van der Waals surface area contributed by atoms with Crippen molar-refractivity contribution in [1.82, 2.24) is 0 Å². The summed E-state index contributed by atoms with van der Waals surface area (Å²) in [5.41, 5.74) is 7.11. The van der Waals surface area contributed by atoms with Crippen molar-refractivity contribution in [2.24, 2.45) is 5.73 Å². The quantitative estimate of drug-likeness (QED) is 0.794. The van der Waals surface area contributed by atoms with E-state index >= 15 is 0 Å². The maximum Gasteiger partial charge on any atom is 0.116 e. The molecule has 2 rings (SSSR count). The van der Waals surface area contributed by atoms with Gasteiger partial charge in [-0.25, -0.2) is 0 Å². The van der Waals surface area contributed by atoms with Crippen molar-refractivity contribution in [1.29, 1.82) is 0 Å². The number of hydrogen-bond donors (Lipinski definition) is 2. The van der Waals surface area contributed by atoms with Crippen molar-refractivity contribution in [2.45, 2.75) is 24.8 Å². The molecule has 0 bridgehead atoms. The molecule has 0 atom stereocenters. The fourth-order valence-electron chi connectivity index (χ4n) is 1.73. The summed E-state index contributed by atoms with van der Waals surface area (Å²) in [7, 11) is 0. The Labute approximate surface area is 85.9 Å². The van der Waals surface area contributed by atoms with Crippen LogP contribution in [0.3, 0.4) is 0 Å². The van der Waals surface area contributed by atoms with Gasteiger partial charge in [0.05, 0.1) is 0 Å². The molecular weight excluding hydrogens is 230 g/mol. The second-order valence-corrected chi connectivity index (χ2v) is 4.53. The van der Waals surface area contributed by atoms with E-state index in [-0.39, 0.29) is 11.3 Å². The van der Waals surface area contributed by atoms with Crippen molar-refractivity contribution >= 4 is 15.9 Å². The van der Waals surface area contributed by atoms with Gasteiger partial charge in [0.2, 0.25) is 0 Å². The molecule has 0 aromatic heterocycles. The number of phenols is 1. The zero-order chi connectivity index (χ0) is 9.47. The lowest BCUT2D eigenvalue weighted by molar-refractivity contribution is 0.252. The molecule has 3 heteroatoms. The first-order chi connectivity index (χ1) is 6.12. The van der Waals surface area contributed by atoms with E-state index in [1.54, 1.807) is 12.1 Å². The highest BCUT2D eigenvalue weighted by molar-refractivity contribution is 9.10. The Hall–Kier alpha value is -0.540. The van der Waals surface area contributed by atoms with Gasteiger partial charge >= 0.3 is 0 Å². The highest BCUT2D eigenvalue weighted by Crippen LogP contribution is 2.42. The maximum atomic E-state index is 9.22. The Balaban J connectivity index is 2.40. The fraction of sp³-hybridized carbons (Fsp3) is 0.400. The highest BCUT2D eigenvalue weighted by Gasteiger charge is 2.35. The van der Waals surface area contributed by atoms with Gasteiger partial charge < -0.3 is 10.8 Å². The summed E-state index contributed by atoms with van der Waals surface area (Å²) in [5.74, 6) is 0.276. The third-order valence-corrected chi connectivity index (χ3v) is 3.39. The first kappa shape index (κ1) is 9.03. The molecule has 1 aliphatic rings. The first-order valence-electron chi connectivity index (χ1n) is 4.40. The molecule has 1 fully saturated rings. The van der Waals surface area contributed by atoms with Gasteiger partial charge in [-0.3, -0.25) is 0 Å². The van der Waals surface area contributed by atoms with Crippen LogP contribution in [0.4, 0.5) is 0 Å². The van der Waals surface area contributed by atoms with E-state index in [2.05, 4.69) is 15.9 Å². The molecule has 13 heavy (non-hydrogen) atoms. The molecule has 1 aromatic carbocycles. The van der Waals surface area contributed by atoms with Crippen molar-refractivity contribution in [2.75, 3.05) is 0 Å². The average Bonchev–Trinajstić information content (AvgIpc) is 2.00. The molecule has 0 saturated heterocycles. The van der Waals surface area contributed by atoms with E-state index in [1.807, 2.05) is 6.07 Å². The Kier molecular flexibility index (Phi) is 2.08. The fourth-order valence-corrected chi connectivity index (χ4v) is 2.50. The van der Waals surface area contributed by atoms with Crippen LogP contribution in [0, 0.1) is 0 Å². The number of rotatable bonds is 1. The lowest BCUT2D eigenvalue weighted by Crippen LogP contribution is -2.43. The van der Waals surface area contributed by atoms with Gasteiger partial charge in [0.15, 0.2) is 0 Å². The summed E-state index contributed by atoms with van der Waals surface area (Å²) in [6.07, 6.45) is 3.27. The van der Waals surface area contributed by atoms with Crippen LogP contribution >= 0.6 is 15.9 Å². The van der Waals surface area contributed by atoms with Gasteiger partial charge in [0, 0.05) is 10.0 Å². The number of phenolic OH excluding ortho intramolecular Hbond substituents is 1. The molecule has 0 spiro atoms. The van der Waals surface area contributed by atoms with Gasteiger partial charge in [-0.15, -0.1) is 0 Å². The topological polar surface area (TPSA) is 46.2 Å². The Morgan fingerprint density at radius 3 is 2.54 bits per heavy atom. The van der Waals surface area contributed by atoms with Gasteiger partial charge in [0.25, 0.3) is 0 Å². The monoisotopic (exact) mass is 241 g/mol. The average molecular weight is 242 g/mol. The Bertz CT molecular complexity index is 334. The smallest absolute Gasteiger partial charge is 0.116 e. The normalized spacial score (nSPS) is 19.5. The molecule has 1 aliphatic carbocycles. The third-order valence-electron chi connectivity index (χ3n) is 2.73. The van der Waals surface area contributed by atoms with Crippen LogP contribution in [0.25, 0.3) is 0 Å². The van der Waals surface area contributed by atoms with E-state index in [0.717, 1.165) is 22.9 Å². The molecule has 70 valence electrons. The van der Waals surface area contributed by atoms with E-state index < -0.39 is 0 Å². The molecule has 1 aromatic rings. The third kappa shape index (κ3) is 1.46. The van der Waals surface area contributed by atoms with E-state index in [4.69, 9.17) is 5.73 Å². The summed E-state index contributed by atoms with van der Waals surface area (Å²) in [4.78, 5) is 0. The molecule has 0 aliphatic heterocycles. The zero-order valence-corrected chi connectivity index (χ0v) is 8.84. The molecule has 0 radical (unpaired) electrons. The number of hydrogen-bond acceptors (Lipinski definition) is 2. The van der Waals surface area contributed by atoms with Crippen LogP contribution in [-0.4, -0.2) is 5.11 Å². The number of benzene rings is 1. The summed E-state index contributed by atoms with van der Waals surface area (Å²) in [5, 5.41) is 9.22. The van der Waals surface area contributed by atoms with Crippen molar-refractivity contribution in [3.05, 3.63) is 28.2 Å². The van der Waals surface area contributed by atoms with Crippen molar-refractivity contribution < 1.29 is 5.11 Å². The van der Waals surface area contributed by atoms with Crippen LogP contribution in [-0.2, 0) is 5.54 Å². The first-order valence-corrected chi connectivity index (χ1v) is 5.19. The molecule has 2 nitrogen and oxygen atoms in total. The van der Waals surface area contributed by atoms with Crippen molar-refractivity contribution in [3.63, 3.8) is 0 Å². The Morgan fingerprint density at radius 2 is 2.08 bits per heavy atom. The minimum atomic E-state index is -0.160. The number of nitrogens with two attached hydrogens (primary N) is 1. The van der Waals surface area contributed by atoms with Crippen LogP contribution in [0.1, 0.15) is 24.8 Å². The van der Waals surface area contributed by atoms with Gasteiger partial charge in [-0.1, -0.05) is 22.0 Å². The predicted molar refractivity (Wildman–Crippen MR) is 55.5 cm³/mol. The van der Waals surface area contributed by atoms with Crippen LogP contribution in [0.2, 0.25) is 0 Å². The van der Waals surface area contributed by atoms with Crippen molar-refractivity contribution in [3.8, 4) is 5.75 Å². The van der Waals surface area contributed by atoms with E-state index in [0.29, 0.717) is 0 Å². The van der Waals surface area contributed by atoms with Gasteiger partial charge in [-0.2, -0.15) is 0 Å². The molecular formula is C10H12BrNO. The van der Waals surface area contributed by atoms with E-state index in [9.17, 15) is 5.11 Å². The second kappa shape index (κ2) is 3.00.